The Labute approximate surface area is 108 Å². The van der Waals surface area contributed by atoms with Crippen molar-refractivity contribution in [1.29, 1.82) is 0 Å². The number of aliphatic hydroxyl groups excluding tert-OH is 2. The zero-order chi connectivity index (χ0) is 14.4. The summed E-state index contributed by atoms with van der Waals surface area (Å²) in [5.74, 6) is -1.50. The lowest BCUT2D eigenvalue weighted by molar-refractivity contribution is 0.0144. The Morgan fingerprint density at radius 3 is 2.79 bits per heavy atom. The molecule has 0 spiro atoms. The van der Waals surface area contributed by atoms with Gasteiger partial charge in [-0.05, 0) is 35.7 Å². The molecule has 8 heteroatoms. The van der Waals surface area contributed by atoms with E-state index in [0.717, 1.165) is 18.2 Å². The zero-order valence-electron chi connectivity index (χ0n) is 9.90. The van der Waals surface area contributed by atoms with Gasteiger partial charge in [-0.2, -0.15) is 0 Å². The van der Waals surface area contributed by atoms with E-state index in [-0.39, 0.29) is 24.1 Å². The summed E-state index contributed by atoms with van der Waals surface area (Å²) in [6.45, 7) is -0.0318. The van der Waals surface area contributed by atoms with Crippen LogP contribution in [0.2, 0.25) is 0 Å². The van der Waals surface area contributed by atoms with Crippen molar-refractivity contribution in [1.82, 2.24) is 0 Å². The van der Waals surface area contributed by atoms with Crippen molar-refractivity contribution < 1.29 is 19.4 Å². The van der Waals surface area contributed by atoms with E-state index in [4.69, 9.17) is 11.3 Å². The molecule has 1 amide bonds. The van der Waals surface area contributed by atoms with E-state index < -0.39 is 23.9 Å². The lowest BCUT2D eigenvalue weighted by Crippen LogP contribution is -2.23. The first kappa shape index (κ1) is 14.9. The maximum Gasteiger partial charge on any atom is 0.249 e. The Hall–Kier alpha value is -2.15. The van der Waals surface area contributed by atoms with Gasteiger partial charge in [0.2, 0.25) is 5.91 Å². The number of amides is 1. The number of aliphatic hydroxyl groups is 2. The fourth-order valence-electron chi connectivity index (χ4n) is 1.60. The van der Waals surface area contributed by atoms with Crippen LogP contribution in [0.1, 0.15) is 28.4 Å². The van der Waals surface area contributed by atoms with E-state index in [1.165, 1.54) is 0 Å². The summed E-state index contributed by atoms with van der Waals surface area (Å²) in [5, 5.41) is 22.8. The molecule has 1 aromatic rings. The predicted octanol–water partition coefficient (Wildman–Crippen LogP) is 1.02. The van der Waals surface area contributed by atoms with Crippen LogP contribution in [0.15, 0.2) is 23.3 Å². The normalized spacial score (nSPS) is 13.4. The molecular formula is C11H13FN4O3. The van der Waals surface area contributed by atoms with E-state index in [0.29, 0.717) is 0 Å². The summed E-state index contributed by atoms with van der Waals surface area (Å²) >= 11 is 0. The number of azide groups is 1. The van der Waals surface area contributed by atoms with Crippen LogP contribution in [0.4, 0.5) is 4.39 Å². The van der Waals surface area contributed by atoms with E-state index in [1.807, 2.05) is 0 Å². The topological polar surface area (TPSA) is 132 Å². The minimum atomic E-state index is -1.49. The van der Waals surface area contributed by atoms with E-state index in [2.05, 4.69) is 10.0 Å². The van der Waals surface area contributed by atoms with Crippen LogP contribution in [0, 0.1) is 5.82 Å². The number of halogens is 1. The summed E-state index contributed by atoms with van der Waals surface area (Å²) in [4.78, 5) is 13.7. The third-order valence-electron chi connectivity index (χ3n) is 2.55. The van der Waals surface area contributed by atoms with Gasteiger partial charge in [-0.15, -0.1) is 0 Å². The van der Waals surface area contributed by atoms with Crippen molar-refractivity contribution >= 4 is 5.91 Å². The van der Waals surface area contributed by atoms with Crippen molar-refractivity contribution in [2.75, 3.05) is 6.54 Å². The first-order valence-electron chi connectivity index (χ1n) is 5.43. The van der Waals surface area contributed by atoms with Gasteiger partial charge < -0.3 is 15.9 Å². The lowest BCUT2D eigenvalue weighted by atomic mass is 9.96. The largest absolute Gasteiger partial charge is 0.390 e. The minimum absolute atomic E-state index is 0.0278. The van der Waals surface area contributed by atoms with E-state index >= 15 is 0 Å². The number of primary amides is 1. The first-order valence-corrected chi connectivity index (χ1v) is 5.43. The third-order valence-corrected chi connectivity index (χ3v) is 2.55. The quantitative estimate of drug-likeness (QED) is 0.404. The fraction of sp³-hybridized carbons (Fsp3) is 0.364. The maximum absolute atomic E-state index is 13.1. The maximum atomic E-state index is 13.1. The highest BCUT2D eigenvalue weighted by Gasteiger charge is 2.23. The second kappa shape index (κ2) is 6.69. The van der Waals surface area contributed by atoms with Crippen LogP contribution >= 0.6 is 0 Å². The van der Waals surface area contributed by atoms with Crippen molar-refractivity contribution in [3.8, 4) is 0 Å². The van der Waals surface area contributed by atoms with Crippen LogP contribution in [0.25, 0.3) is 10.4 Å². The van der Waals surface area contributed by atoms with Gasteiger partial charge in [0.25, 0.3) is 0 Å². The molecule has 7 nitrogen and oxygen atoms in total. The molecule has 0 aliphatic heterocycles. The molecule has 0 radical (unpaired) electrons. The molecule has 0 aliphatic rings. The average molecular weight is 268 g/mol. The molecular weight excluding hydrogens is 255 g/mol. The molecule has 102 valence electrons. The number of rotatable bonds is 6. The molecule has 0 aromatic heterocycles. The first-order chi connectivity index (χ1) is 8.97. The number of carbonyl (C=O) groups is 1. The van der Waals surface area contributed by atoms with Gasteiger partial charge in [0.15, 0.2) is 0 Å². The molecule has 0 bridgehead atoms. The van der Waals surface area contributed by atoms with E-state index in [1.54, 1.807) is 0 Å². The van der Waals surface area contributed by atoms with Crippen LogP contribution < -0.4 is 5.73 Å². The second-order valence-electron chi connectivity index (χ2n) is 3.85. The zero-order valence-corrected chi connectivity index (χ0v) is 9.90. The summed E-state index contributed by atoms with van der Waals surface area (Å²) in [5.41, 5.74) is 13.0. The number of hydrogen-bond acceptors (Lipinski definition) is 4. The Balaban J connectivity index is 2.96. The summed E-state index contributed by atoms with van der Waals surface area (Å²) in [6.07, 6.45) is -2.82. The lowest BCUT2D eigenvalue weighted by Gasteiger charge is -2.19. The Kier molecular flexibility index (Phi) is 5.25. The van der Waals surface area contributed by atoms with Crippen LogP contribution in [-0.2, 0) is 0 Å². The van der Waals surface area contributed by atoms with Gasteiger partial charge in [0, 0.05) is 17.0 Å². The third kappa shape index (κ3) is 3.92. The Morgan fingerprint density at radius 2 is 2.21 bits per heavy atom. The molecule has 0 saturated carbocycles. The second-order valence-corrected chi connectivity index (χ2v) is 3.85. The summed E-state index contributed by atoms with van der Waals surface area (Å²) < 4.78 is 13.1. The number of hydrogen-bond donors (Lipinski definition) is 3. The molecule has 1 aromatic carbocycles. The average Bonchev–Trinajstić information content (AvgIpc) is 2.37. The molecule has 0 aliphatic carbocycles. The number of benzene rings is 1. The molecule has 0 heterocycles. The highest BCUT2D eigenvalue weighted by molar-refractivity contribution is 5.94. The molecule has 2 atom stereocenters. The molecule has 2 unspecified atom stereocenters. The van der Waals surface area contributed by atoms with Gasteiger partial charge >= 0.3 is 0 Å². The SMILES string of the molecule is [N-]=[N+]=NCCC(O)C(O)c1cc(F)ccc1C(N)=O. The molecule has 4 N–H and O–H groups in total. The van der Waals surface area contributed by atoms with Gasteiger partial charge in [-0.1, -0.05) is 5.11 Å². The molecule has 19 heavy (non-hydrogen) atoms. The van der Waals surface area contributed by atoms with Gasteiger partial charge in [-0.25, -0.2) is 4.39 Å². The minimum Gasteiger partial charge on any atom is -0.390 e. The van der Waals surface area contributed by atoms with Gasteiger partial charge in [0.05, 0.1) is 6.10 Å². The molecule has 0 fully saturated rings. The van der Waals surface area contributed by atoms with Crippen molar-refractivity contribution in [2.24, 2.45) is 10.8 Å². The highest BCUT2D eigenvalue weighted by Crippen LogP contribution is 2.23. The Bertz CT molecular complexity index is 517. The highest BCUT2D eigenvalue weighted by atomic mass is 19.1. The monoisotopic (exact) mass is 268 g/mol. The predicted molar refractivity (Wildman–Crippen MR) is 64.5 cm³/mol. The standard InChI is InChI=1S/C11H13FN4O3/c12-6-1-2-7(11(13)19)8(5-6)10(18)9(17)3-4-15-16-14/h1-2,5,9-10,17-18H,3-4H2,(H2,13,19). The van der Waals surface area contributed by atoms with Gasteiger partial charge in [0.1, 0.15) is 11.9 Å². The summed E-state index contributed by atoms with van der Waals surface area (Å²) in [6, 6.07) is 3.10. The molecule has 0 saturated heterocycles. The van der Waals surface area contributed by atoms with Gasteiger partial charge in [-0.3, -0.25) is 4.79 Å². The van der Waals surface area contributed by atoms with Crippen molar-refractivity contribution in [3.63, 3.8) is 0 Å². The van der Waals surface area contributed by atoms with Crippen molar-refractivity contribution in [3.05, 3.63) is 45.6 Å². The fourth-order valence-corrected chi connectivity index (χ4v) is 1.60. The Morgan fingerprint density at radius 1 is 1.53 bits per heavy atom. The molecule has 1 rings (SSSR count). The number of carbonyl (C=O) groups excluding carboxylic acids is 1. The number of nitrogens with two attached hydrogens (primary N) is 1. The van der Waals surface area contributed by atoms with Crippen LogP contribution in [-0.4, -0.2) is 28.8 Å². The summed E-state index contributed by atoms with van der Waals surface area (Å²) in [7, 11) is 0. The van der Waals surface area contributed by atoms with Crippen LogP contribution in [0.5, 0.6) is 0 Å². The van der Waals surface area contributed by atoms with E-state index in [9.17, 15) is 19.4 Å². The smallest absolute Gasteiger partial charge is 0.249 e. The number of nitrogens with zero attached hydrogens (tertiary/aromatic N) is 3. The van der Waals surface area contributed by atoms with Crippen molar-refractivity contribution in [2.45, 2.75) is 18.6 Å². The van der Waals surface area contributed by atoms with Crippen LogP contribution in [0.3, 0.4) is 0 Å².